The zero-order chi connectivity index (χ0) is 46.5. The lowest BCUT2D eigenvalue weighted by atomic mass is 9.84. The number of nitrogens with zero attached hydrogens (tertiary/aromatic N) is 1. The van der Waals surface area contributed by atoms with Crippen molar-refractivity contribution in [3.63, 3.8) is 0 Å². The van der Waals surface area contributed by atoms with E-state index in [1.54, 1.807) is 38.4 Å². The predicted molar refractivity (Wildman–Crippen MR) is 255 cm³/mol. The number of hydrogen-bond acceptors (Lipinski definition) is 9. The number of carbonyl (C=O) groups is 5. The van der Waals surface area contributed by atoms with Gasteiger partial charge in [0.15, 0.2) is 0 Å². The van der Waals surface area contributed by atoms with Gasteiger partial charge >= 0.3 is 12.1 Å². The average Bonchev–Trinajstić information content (AvgIpc) is 3.68. The van der Waals surface area contributed by atoms with Gasteiger partial charge in [0.1, 0.15) is 31.3 Å². The summed E-state index contributed by atoms with van der Waals surface area (Å²) in [5, 5.41) is 11.2. The van der Waals surface area contributed by atoms with Crippen LogP contribution in [0.2, 0.25) is 0 Å². The van der Waals surface area contributed by atoms with E-state index in [1.807, 2.05) is 127 Å². The van der Waals surface area contributed by atoms with E-state index >= 15 is 0 Å². The number of carbonyl (C=O) groups excluding carboxylic acids is 5. The standard InChI is InChI=1S/C53H53N5O7S/c1-35(2)48(51(62)55-32-47(59)64-3)58-50(61)46(34-66-53(37-19-7-4-8-20-37,38-21-9-5-10-22-38)39-23-11-6-12-24-39)56-49(60)45(30-36-18-17-29-54-31-36)57-52(63)65-33-44-42-27-15-13-25-40(42)41-26-14-16-28-43(41)44/h4-29,31,35,44-46,48H,30,32-34H2,1-3H3,(H,55,62)(H,56,60)(H,57,63)(H,58,61)/t45-,46-,48?/m1/s1. The lowest BCUT2D eigenvalue weighted by Gasteiger charge is -2.37. The molecule has 5 aromatic carbocycles. The van der Waals surface area contributed by atoms with E-state index in [0.717, 1.165) is 38.9 Å². The topological polar surface area (TPSA) is 165 Å². The van der Waals surface area contributed by atoms with Crippen molar-refractivity contribution in [1.82, 2.24) is 26.3 Å². The minimum absolute atomic E-state index is 0.00933. The first-order valence-corrected chi connectivity index (χ1v) is 22.8. The number of alkyl carbamates (subject to hydrolysis) is 1. The molecule has 13 heteroatoms. The zero-order valence-corrected chi connectivity index (χ0v) is 37.8. The molecule has 1 aliphatic rings. The van der Waals surface area contributed by atoms with Crippen LogP contribution in [0.25, 0.3) is 11.1 Å². The minimum atomic E-state index is -1.26. The smallest absolute Gasteiger partial charge is 0.407 e. The van der Waals surface area contributed by atoms with Crippen molar-refractivity contribution in [2.45, 2.75) is 49.1 Å². The van der Waals surface area contributed by atoms with Crippen LogP contribution < -0.4 is 21.3 Å². The van der Waals surface area contributed by atoms with Crippen LogP contribution >= 0.6 is 11.8 Å². The third kappa shape index (κ3) is 11.0. The number of benzene rings is 5. The first-order valence-electron chi connectivity index (χ1n) is 21.8. The van der Waals surface area contributed by atoms with Gasteiger partial charge in [-0.3, -0.25) is 24.2 Å². The molecule has 1 unspecified atom stereocenters. The van der Waals surface area contributed by atoms with Crippen molar-refractivity contribution < 1.29 is 33.4 Å². The Morgan fingerprint density at radius 3 is 1.68 bits per heavy atom. The van der Waals surface area contributed by atoms with Gasteiger partial charge in [-0.1, -0.05) is 159 Å². The summed E-state index contributed by atoms with van der Waals surface area (Å²) < 4.78 is 9.72. The molecule has 0 bridgehead atoms. The molecule has 0 aliphatic heterocycles. The fourth-order valence-electron chi connectivity index (χ4n) is 8.31. The van der Waals surface area contributed by atoms with Crippen molar-refractivity contribution in [3.8, 4) is 11.1 Å². The molecule has 0 saturated carbocycles. The highest BCUT2D eigenvalue weighted by atomic mass is 32.2. The predicted octanol–water partition coefficient (Wildman–Crippen LogP) is 7.17. The van der Waals surface area contributed by atoms with E-state index in [0.29, 0.717) is 5.56 Å². The Morgan fingerprint density at radius 2 is 1.17 bits per heavy atom. The van der Waals surface area contributed by atoms with Gasteiger partial charge < -0.3 is 30.7 Å². The number of ether oxygens (including phenoxy) is 2. The Morgan fingerprint density at radius 1 is 0.636 bits per heavy atom. The molecule has 7 rings (SSSR count). The van der Waals surface area contributed by atoms with E-state index in [-0.39, 0.29) is 24.7 Å². The monoisotopic (exact) mass is 903 g/mol. The number of pyridine rings is 1. The van der Waals surface area contributed by atoms with Crippen LogP contribution in [0.4, 0.5) is 4.79 Å². The molecule has 4 N–H and O–H groups in total. The molecule has 0 fully saturated rings. The minimum Gasteiger partial charge on any atom is -0.468 e. The van der Waals surface area contributed by atoms with Crippen LogP contribution in [0.15, 0.2) is 164 Å². The number of fused-ring (bicyclic) bond motifs is 3. The third-order valence-electron chi connectivity index (χ3n) is 11.6. The van der Waals surface area contributed by atoms with Gasteiger partial charge in [0.25, 0.3) is 0 Å². The van der Waals surface area contributed by atoms with Crippen molar-refractivity contribution in [1.29, 1.82) is 0 Å². The maximum Gasteiger partial charge on any atom is 0.407 e. The lowest BCUT2D eigenvalue weighted by Crippen LogP contribution is -2.59. The second-order valence-corrected chi connectivity index (χ2v) is 17.5. The van der Waals surface area contributed by atoms with Gasteiger partial charge in [-0.15, -0.1) is 11.8 Å². The maximum absolute atomic E-state index is 14.8. The van der Waals surface area contributed by atoms with Crippen LogP contribution in [0, 0.1) is 5.92 Å². The molecule has 3 atom stereocenters. The number of aromatic nitrogens is 1. The quantitative estimate of drug-likeness (QED) is 0.0488. The van der Waals surface area contributed by atoms with E-state index in [9.17, 15) is 24.0 Å². The van der Waals surface area contributed by atoms with Crippen LogP contribution in [0.3, 0.4) is 0 Å². The number of methoxy groups -OCH3 is 1. The summed E-state index contributed by atoms with van der Waals surface area (Å²) >= 11 is 1.45. The lowest BCUT2D eigenvalue weighted by molar-refractivity contribution is -0.141. The molecule has 1 aromatic heterocycles. The molecular formula is C53H53N5O7S. The van der Waals surface area contributed by atoms with E-state index in [1.165, 1.54) is 18.9 Å². The normalized spacial score (nSPS) is 13.3. The Balaban J connectivity index is 1.20. The van der Waals surface area contributed by atoms with Crippen LogP contribution in [0.1, 0.15) is 53.1 Å². The van der Waals surface area contributed by atoms with Gasteiger partial charge in [-0.2, -0.15) is 0 Å². The molecule has 0 saturated heterocycles. The Labute approximate surface area is 389 Å². The van der Waals surface area contributed by atoms with Crippen molar-refractivity contribution in [3.05, 3.63) is 197 Å². The van der Waals surface area contributed by atoms with Gasteiger partial charge in [-0.05, 0) is 56.5 Å². The number of esters is 1. The SMILES string of the molecule is COC(=O)CNC(=O)C(NC(=O)[C@@H](CSC(c1ccccc1)(c1ccccc1)c1ccccc1)NC(=O)[C@@H](Cc1cccnc1)NC(=O)OCC1c2ccccc2-c2ccccc21)C(C)C. The third-order valence-corrected chi connectivity index (χ3v) is 13.3. The summed E-state index contributed by atoms with van der Waals surface area (Å²) in [5.74, 6) is -3.17. The highest BCUT2D eigenvalue weighted by Gasteiger charge is 2.40. The van der Waals surface area contributed by atoms with Crippen LogP contribution in [-0.4, -0.2) is 78.9 Å². The number of nitrogens with one attached hydrogen (secondary N) is 4. The second kappa shape index (κ2) is 22.1. The van der Waals surface area contributed by atoms with E-state index < -0.39 is 65.1 Å². The molecule has 0 radical (unpaired) electrons. The number of thioether (sulfide) groups is 1. The first kappa shape index (κ1) is 46.7. The Kier molecular flexibility index (Phi) is 15.6. The summed E-state index contributed by atoms with van der Waals surface area (Å²) in [7, 11) is 1.21. The zero-order valence-electron chi connectivity index (χ0n) is 37.0. The summed E-state index contributed by atoms with van der Waals surface area (Å²) in [4.78, 5) is 73.0. The summed E-state index contributed by atoms with van der Waals surface area (Å²) in [6.07, 6.45) is 2.43. The number of rotatable bonds is 19. The van der Waals surface area contributed by atoms with Gasteiger partial charge in [-0.25, -0.2) is 4.79 Å². The van der Waals surface area contributed by atoms with Crippen molar-refractivity contribution >= 4 is 41.5 Å². The highest BCUT2D eigenvalue weighted by Crippen LogP contribution is 2.49. The fourth-order valence-corrected chi connectivity index (χ4v) is 9.87. The van der Waals surface area contributed by atoms with E-state index in [2.05, 4.69) is 38.4 Å². The summed E-state index contributed by atoms with van der Waals surface area (Å²) in [5.41, 5.74) is 7.71. The fraction of sp³-hybridized carbons (Fsp3) is 0.245. The molecule has 4 amide bonds. The molecule has 1 heterocycles. The second-order valence-electron chi connectivity index (χ2n) is 16.3. The molecule has 0 spiro atoms. The average molecular weight is 904 g/mol. The molecular weight excluding hydrogens is 851 g/mol. The molecule has 12 nitrogen and oxygen atoms in total. The number of amides is 4. The van der Waals surface area contributed by atoms with Gasteiger partial charge in [0.2, 0.25) is 17.7 Å². The number of hydrogen-bond donors (Lipinski definition) is 4. The first-order chi connectivity index (χ1) is 32.1. The van der Waals surface area contributed by atoms with Crippen molar-refractivity contribution in [2.24, 2.45) is 5.92 Å². The summed E-state index contributed by atoms with van der Waals surface area (Å²) in [6, 6.07) is 45.8. The summed E-state index contributed by atoms with van der Waals surface area (Å²) in [6.45, 7) is 3.16. The Hall–Kier alpha value is -7.25. The largest absolute Gasteiger partial charge is 0.468 e. The van der Waals surface area contributed by atoms with Crippen LogP contribution in [0.5, 0.6) is 0 Å². The molecule has 6 aromatic rings. The van der Waals surface area contributed by atoms with Crippen LogP contribution in [-0.2, 0) is 39.8 Å². The highest BCUT2D eigenvalue weighted by molar-refractivity contribution is 8.00. The van der Waals surface area contributed by atoms with Gasteiger partial charge in [0.05, 0.1) is 11.9 Å². The van der Waals surface area contributed by atoms with E-state index in [4.69, 9.17) is 9.47 Å². The van der Waals surface area contributed by atoms with Crippen molar-refractivity contribution in [2.75, 3.05) is 26.0 Å². The molecule has 66 heavy (non-hydrogen) atoms. The van der Waals surface area contributed by atoms with Gasteiger partial charge in [0, 0.05) is 30.5 Å². The Bertz CT molecular complexity index is 2460. The maximum atomic E-state index is 14.8. The molecule has 338 valence electrons. The molecule has 1 aliphatic carbocycles.